The van der Waals surface area contributed by atoms with Crippen LogP contribution in [0.1, 0.15) is 133 Å². The van der Waals surface area contributed by atoms with Gasteiger partial charge in [-0.15, -0.1) is 0 Å². The molecule has 1 unspecified atom stereocenters. The topological polar surface area (TPSA) is 17.1 Å². The molecule has 0 aromatic heterocycles. The zero-order valence-electron chi connectivity index (χ0n) is 19.9. The van der Waals surface area contributed by atoms with E-state index in [1.165, 1.54) is 95.5 Å². The van der Waals surface area contributed by atoms with Gasteiger partial charge in [-0.05, 0) is 24.8 Å². The van der Waals surface area contributed by atoms with E-state index in [2.05, 4.69) is 32.1 Å². The fourth-order valence-electron chi connectivity index (χ4n) is 4.66. The van der Waals surface area contributed by atoms with Crippen LogP contribution in [-0.2, 0) is 0 Å². The molecule has 0 amide bonds. The molecule has 1 nitrogen and oxygen atoms in total. The molecule has 0 aliphatic heterocycles. The number of benzene rings is 1. The van der Waals surface area contributed by atoms with Crippen molar-refractivity contribution in [3.05, 3.63) is 41.0 Å². The summed E-state index contributed by atoms with van der Waals surface area (Å²) in [4.78, 5) is 13.2. The molecular formula is C28H44BaO. The second-order valence-corrected chi connectivity index (χ2v) is 9.00. The summed E-state index contributed by atoms with van der Waals surface area (Å²) in [5.41, 5.74) is 3.50. The van der Waals surface area contributed by atoms with Crippen LogP contribution in [0.3, 0.4) is 0 Å². The minimum atomic E-state index is 0. The van der Waals surface area contributed by atoms with Crippen LogP contribution in [-0.4, -0.2) is 54.7 Å². The van der Waals surface area contributed by atoms with Crippen molar-refractivity contribution in [3.63, 3.8) is 0 Å². The van der Waals surface area contributed by atoms with Gasteiger partial charge < -0.3 is 0 Å². The maximum atomic E-state index is 13.2. The van der Waals surface area contributed by atoms with Gasteiger partial charge in [-0.1, -0.05) is 133 Å². The second kappa shape index (κ2) is 17.7. The summed E-state index contributed by atoms with van der Waals surface area (Å²) in [5.74, 6) is 0.521. The molecule has 1 aliphatic carbocycles. The molecule has 2 rings (SSSR count). The first-order valence-electron chi connectivity index (χ1n) is 12.6. The van der Waals surface area contributed by atoms with Crippen LogP contribution in [0, 0.1) is 5.92 Å². The fourth-order valence-corrected chi connectivity index (χ4v) is 4.66. The molecule has 2 heteroatoms. The van der Waals surface area contributed by atoms with Crippen molar-refractivity contribution in [2.45, 2.75) is 117 Å². The molecule has 0 saturated heterocycles. The Labute approximate surface area is 227 Å². The molecule has 0 N–H and O–H groups in total. The minimum absolute atomic E-state index is 0. The number of carbonyl (C=O) groups is 1. The normalized spacial score (nSPS) is 15.5. The summed E-state index contributed by atoms with van der Waals surface area (Å²) >= 11 is 0. The summed E-state index contributed by atoms with van der Waals surface area (Å²) < 4.78 is 0. The number of hydrogen-bond acceptors (Lipinski definition) is 1. The zero-order chi connectivity index (χ0) is 20.7. The number of allylic oxidation sites excluding steroid dienone is 1. The van der Waals surface area contributed by atoms with Crippen molar-refractivity contribution in [2.24, 2.45) is 5.92 Å². The van der Waals surface area contributed by atoms with Gasteiger partial charge in [0.05, 0.1) is 0 Å². The monoisotopic (exact) mass is 534 g/mol. The molecule has 0 spiro atoms. The van der Waals surface area contributed by atoms with E-state index >= 15 is 0 Å². The molecular weight excluding hydrogens is 490 g/mol. The average molecular weight is 534 g/mol. The summed E-state index contributed by atoms with van der Waals surface area (Å²) in [5, 5.41) is 0. The van der Waals surface area contributed by atoms with Crippen LogP contribution >= 0.6 is 0 Å². The van der Waals surface area contributed by atoms with Gasteiger partial charge >= 0.3 is 0 Å². The Morgan fingerprint density at radius 2 is 1.23 bits per heavy atom. The van der Waals surface area contributed by atoms with Gasteiger partial charge in [-0.3, -0.25) is 4.79 Å². The summed E-state index contributed by atoms with van der Waals surface area (Å²) in [6, 6.07) is 8.21. The number of rotatable bonds is 16. The number of unbranched alkanes of at least 4 members (excludes halogenated alkanes) is 12. The van der Waals surface area contributed by atoms with Crippen LogP contribution < -0.4 is 0 Å². The quantitative estimate of drug-likeness (QED) is 0.153. The second-order valence-electron chi connectivity index (χ2n) is 9.00. The Morgan fingerprint density at radius 3 is 1.87 bits per heavy atom. The van der Waals surface area contributed by atoms with Crippen molar-refractivity contribution in [1.82, 2.24) is 0 Å². The number of fused-ring (bicyclic) bond motifs is 1. The molecule has 1 aromatic carbocycles. The molecule has 2 radical (unpaired) electrons. The van der Waals surface area contributed by atoms with Gasteiger partial charge in [0.25, 0.3) is 0 Å². The molecule has 164 valence electrons. The molecule has 1 aliphatic rings. The van der Waals surface area contributed by atoms with Crippen molar-refractivity contribution in [3.8, 4) is 0 Å². The van der Waals surface area contributed by atoms with E-state index in [0.717, 1.165) is 24.0 Å². The van der Waals surface area contributed by atoms with Crippen molar-refractivity contribution in [1.29, 1.82) is 0 Å². The van der Waals surface area contributed by atoms with Crippen molar-refractivity contribution >= 4 is 60.7 Å². The molecule has 1 aromatic rings. The van der Waals surface area contributed by atoms with E-state index in [0.29, 0.717) is 5.78 Å². The summed E-state index contributed by atoms with van der Waals surface area (Å²) in [7, 11) is 0. The molecule has 0 bridgehead atoms. The number of hydrogen-bond donors (Lipinski definition) is 0. The first-order chi connectivity index (χ1) is 14.3. The van der Waals surface area contributed by atoms with Gasteiger partial charge in [0.2, 0.25) is 0 Å². The van der Waals surface area contributed by atoms with E-state index in [1.807, 2.05) is 12.1 Å². The Kier molecular flexibility index (Phi) is 16.7. The minimum Gasteiger partial charge on any atom is -0.293 e. The Hall–Kier alpha value is 0.201. The number of Topliss-reactive ketones (excluding diaryl/α,β-unsaturated/α-hetero) is 1. The van der Waals surface area contributed by atoms with Crippen LogP contribution in [0.5, 0.6) is 0 Å². The van der Waals surface area contributed by atoms with Crippen molar-refractivity contribution < 1.29 is 4.79 Å². The van der Waals surface area contributed by atoms with E-state index in [4.69, 9.17) is 0 Å². The molecule has 30 heavy (non-hydrogen) atoms. The predicted octanol–water partition coefficient (Wildman–Crippen LogP) is 8.78. The van der Waals surface area contributed by atoms with Gasteiger partial charge in [-0.25, -0.2) is 0 Å². The molecule has 1 atom stereocenters. The predicted molar refractivity (Wildman–Crippen MR) is 133 cm³/mol. The van der Waals surface area contributed by atoms with Crippen LogP contribution in [0.15, 0.2) is 29.8 Å². The van der Waals surface area contributed by atoms with Crippen LogP contribution in [0.2, 0.25) is 0 Å². The van der Waals surface area contributed by atoms with E-state index in [9.17, 15) is 4.79 Å². The first kappa shape index (κ1) is 28.2. The number of carbonyl (C=O) groups excluding carboxylic acids is 1. The standard InChI is InChI=1S/C28H44O.Ba/c1-3-5-7-9-11-13-15-19-24-23-25-20-17-18-22-27(25)28(29)26(24)21-16-14-12-10-8-6-4-2;/h17-18,20,22-23,26H,3-16,19,21H2,1-2H3;. The van der Waals surface area contributed by atoms with Crippen LogP contribution in [0.25, 0.3) is 6.08 Å². The molecule has 0 heterocycles. The maximum Gasteiger partial charge on any atom is 0.170 e. The fraction of sp³-hybridized carbons (Fsp3) is 0.679. The average Bonchev–Trinajstić information content (AvgIpc) is 2.74. The molecule has 0 fully saturated rings. The van der Waals surface area contributed by atoms with E-state index in [1.54, 1.807) is 0 Å². The van der Waals surface area contributed by atoms with Gasteiger partial charge in [-0.2, -0.15) is 0 Å². The van der Waals surface area contributed by atoms with Gasteiger partial charge in [0, 0.05) is 60.4 Å². The summed E-state index contributed by atoms with van der Waals surface area (Å²) in [6.07, 6.45) is 23.0. The first-order valence-corrected chi connectivity index (χ1v) is 12.6. The Balaban J connectivity index is 0.00000450. The maximum absolute atomic E-state index is 13.2. The van der Waals surface area contributed by atoms with Crippen molar-refractivity contribution in [2.75, 3.05) is 0 Å². The number of ketones is 1. The van der Waals surface area contributed by atoms with Gasteiger partial charge in [0.1, 0.15) is 0 Å². The third-order valence-corrected chi connectivity index (χ3v) is 6.50. The van der Waals surface area contributed by atoms with Crippen LogP contribution in [0.4, 0.5) is 0 Å². The third-order valence-electron chi connectivity index (χ3n) is 6.50. The van der Waals surface area contributed by atoms with E-state index < -0.39 is 0 Å². The largest absolute Gasteiger partial charge is 0.293 e. The zero-order valence-corrected chi connectivity index (χ0v) is 24.3. The van der Waals surface area contributed by atoms with Gasteiger partial charge in [0.15, 0.2) is 5.78 Å². The third kappa shape index (κ3) is 10.2. The summed E-state index contributed by atoms with van der Waals surface area (Å²) in [6.45, 7) is 4.54. The SMILES string of the molecule is CCCCCCCCCC1=Cc2ccccc2C(=O)C1CCCCCCCCC.[Ba]. The molecule has 0 saturated carbocycles. The Morgan fingerprint density at radius 1 is 0.700 bits per heavy atom. The Bertz CT molecular complexity index is 619. The smallest absolute Gasteiger partial charge is 0.170 e. The van der Waals surface area contributed by atoms with E-state index in [-0.39, 0.29) is 54.8 Å².